The van der Waals surface area contributed by atoms with E-state index in [1.807, 2.05) is 0 Å². The van der Waals surface area contributed by atoms with Gasteiger partial charge in [-0.15, -0.1) is 0 Å². The van der Waals surface area contributed by atoms with E-state index in [1.54, 1.807) is 0 Å². The molecule has 0 aliphatic heterocycles. The fourth-order valence-corrected chi connectivity index (χ4v) is 2.52. The Bertz CT molecular complexity index is 145. The number of rotatable bonds is 14. The molecule has 1 nitrogen and oxygen atoms in total. The highest BCUT2D eigenvalue weighted by atomic mass is 16.3. The lowest BCUT2D eigenvalue weighted by atomic mass is 10.0. The van der Waals surface area contributed by atoms with Gasteiger partial charge in [-0.2, -0.15) is 0 Å². The van der Waals surface area contributed by atoms with E-state index >= 15 is 0 Å². The van der Waals surface area contributed by atoms with Crippen LogP contribution in [0.15, 0.2) is 0 Å². The van der Waals surface area contributed by atoms with Gasteiger partial charge in [0, 0.05) is 0 Å². The molecule has 1 heteroatoms. The Morgan fingerprint density at radius 2 is 1.00 bits per heavy atom. The Hall–Kier alpha value is -0.0400. The van der Waals surface area contributed by atoms with Crippen molar-refractivity contribution in [1.29, 1.82) is 0 Å². The van der Waals surface area contributed by atoms with E-state index in [4.69, 9.17) is 0 Å². The van der Waals surface area contributed by atoms with Gasteiger partial charge in [-0.05, 0) is 12.8 Å². The second-order valence-corrected chi connectivity index (χ2v) is 5.77. The number of aliphatic hydroxyl groups is 1. The van der Waals surface area contributed by atoms with Crippen LogP contribution in [-0.4, -0.2) is 11.2 Å². The molecule has 1 N–H and O–H groups in total. The Kier molecular flexibility index (Phi) is 15.0. The quantitative estimate of drug-likeness (QED) is 0.387. The molecule has 0 aromatic rings. The first-order valence-corrected chi connectivity index (χ1v) is 8.49. The van der Waals surface area contributed by atoms with Crippen molar-refractivity contribution in [2.24, 2.45) is 0 Å². The minimum Gasteiger partial charge on any atom is -0.393 e. The fourth-order valence-electron chi connectivity index (χ4n) is 2.52. The number of hydrogen-bond donors (Lipinski definition) is 1. The molecule has 0 rings (SSSR count). The summed E-state index contributed by atoms with van der Waals surface area (Å²) < 4.78 is 0. The third kappa shape index (κ3) is 14.0. The molecular formula is C17H36O. The molecule has 0 aromatic heterocycles. The lowest BCUT2D eigenvalue weighted by Crippen LogP contribution is -2.04. The monoisotopic (exact) mass is 256 g/mol. The van der Waals surface area contributed by atoms with E-state index in [1.165, 1.54) is 70.6 Å². The van der Waals surface area contributed by atoms with E-state index in [0.717, 1.165) is 19.3 Å². The predicted octanol–water partition coefficient (Wildman–Crippen LogP) is 5.85. The summed E-state index contributed by atoms with van der Waals surface area (Å²) in [7, 11) is 0. The van der Waals surface area contributed by atoms with Gasteiger partial charge >= 0.3 is 0 Å². The van der Waals surface area contributed by atoms with Gasteiger partial charge in [-0.25, -0.2) is 0 Å². The summed E-state index contributed by atoms with van der Waals surface area (Å²) in [4.78, 5) is 0. The van der Waals surface area contributed by atoms with Gasteiger partial charge in [0.25, 0.3) is 0 Å². The van der Waals surface area contributed by atoms with Gasteiger partial charge in [-0.1, -0.05) is 90.9 Å². The Labute approximate surface area is 115 Å². The fraction of sp³-hybridized carbons (Fsp3) is 1.00. The summed E-state index contributed by atoms with van der Waals surface area (Å²) in [6.45, 7) is 4.42. The SMILES string of the molecule is CCCCCCCCCCCCCC(O)CCC. The van der Waals surface area contributed by atoms with Gasteiger partial charge < -0.3 is 5.11 Å². The van der Waals surface area contributed by atoms with Crippen LogP contribution in [0.3, 0.4) is 0 Å². The second kappa shape index (κ2) is 15.0. The maximum Gasteiger partial charge on any atom is 0.0540 e. The van der Waals surface area contributed by atoms with Crippen LogP contribution in [-0.2, 0) is 0 Å². The van der Waals surface area contributed by atoms with Gasteiger partial charge in [0.2, 0.25) is 0 Å². The van der Waals surface area contributed by atoms with E-state index in [2.05, 4.69) is 13.8 Å². The Morgan fingerprint density at radius 1 is 0.556 bits per heavy atom. The third-order valence-electron chi connectivity index (χ3n) is 3.76. The largest absolute Gasteiger partial charge is 0.393 e. The van der Waals surface area contributed by atoms with Crippen molar-refractivity contribution in [3.05, 3.63) is 0 Å². The van der Waals surface area contributed by atoms with E-state index in [-0.39, 0.29) is 6.10 Å². The van der Waals surface area contributed by atoms with Crippen molar-refractivity contribution in [3.8, 4) is 0 Å². The lowest BCUT2D eigenvalue weighted by molar-refractivity contribution is 0.150. The van der Waals surface area contributed by atoms with E-state index in [0.29, 0.717) is 0 Å². The molecule has 0 bridgehead atoms. The molecule has 110 valence electrons. The van der Waals surface area contributed by atoms with Crippen molar-refractivity contribution in [2.45, 2.75) is 110 Å². The zero-order chi connectivity index (χ0) is 13.5. The average molecular weight is 256 g/mol. The molecule has 0 spiro atoms. The highest BCUT2D eigenvalue weighted by Gasteiger charge is 2.01. The third-order valence-corrected chi connectivity index (χ3v) is 3.76. The first kappa shape index (κ1) is 18.0. The highest BCUT2D eigenvalue weighted by Crippen LogP contribution is 2.13. The van der Waals surface area contributed by atoms with Gasteiger partial charge in [0.15, 0.2) is 0 Å². The first-order chi connectivity index (χ1) is 8.81. The van der Waals surface area contributed by atoms with Crippen LogP contribution >= 0.6 is 0 Å². The maximum absolute atomic E-state index is 9.59. The van der Waals surface area contributed by atoms with Crippen molar-refractivity contribution in [2.75, 3.05) is 0 Å². The molecule has 0 saturated carbocycles. The molecule has 0 radical (unpaired) electrons. The van der Waals surface area contributed by atoms with Crippen molar-refractivity contribution < 1.29 is 5.11 Å². The topological polar surface area (TPSA) is 20.2 Å². The Balaban J connectivity index is 2.98. The molecule has 1 unspecified atom stereocenters. The van der Waals surface area contributed by atoms with Gasteiger partial charge in [-0.3, -0.25) is 0 Å². The van der Waals surface area contributed by atoms with Gasteiger partial charge in [0.1, 0.15) is 0 Å². The van der Waals surface area contributed by atoms with Crippen molar-refractivity contribution in [3.63, 3.8) is 0 Å². The van der Waals surface area contributed by atoms with Crippen LogP contribution in [0.1, 0.15) is 104 Å². The summed E-state index contributed by atoms with van der Waals surface area (Å²) in [6.07, 6.45) is 18.3. The summed E-state index contributed by atoms with van der Waals surface area (Å²) in [5.41, 5.74) is 0. The zero-order valence-electron chi connectivity index (χ0n) is 12.9. The van der Waals surface area contributed by atoms with Crippen LogP contribution in [0.5, 0.6) is 0 Å². The van der Waals surface area contributed by atoms with Crippen molar-refractivity contribution in [1.82, 2.24) is 0 Å². The van der Waals surface area contributed by atoms with Crippen molar-refractivity contribution >= 4 is 0 Å². The van der Waals surface area contributed by atoms with Crippen LogP contribution in [0, 0.1) is 0 Å². The minimum atomic E-state index is -0.0337. The van der Waals surface area contributed by atoms with Crippen LogP contribution in [0.2, 0.25) is 0 Å². The van der Waals surface area contributed by atoms with Crippen LogP contribution in [0.25, 0.3) is 0 Å². The summed E-state index contributed by atoms with van der Waals surface area (Å²) in [5, 5.41) is 9.59. The molecular weight excluding hydrogens is 220 g/mol. The summed E-state index contributed by atoms with van der Waals surface area (Å²) in [6, 6.07) is 0. The molecule has 0 aromatic carbocycles. The van der Waals surface area contributed by atoms with Crippen LogP contribution in [0.4, 0.5) is 0 Å². The molecule has 0 aliphatic carbocycles. The van der Waals surface area contributed by atoms with E-state index < -0.39 is 0 Å². The smallest absolute Gasteiger partial charge is 0.0540 e. The lowest BCUT2D eigenvalue weighted by Gasteiger charge is -2.08. The standard InChI is InChI=1S/C17H36O/c1-3-5-6-7-8-9-10-11-12-13-14-16-17(18)15-4-2/h17-18H,3-16H2,1-2H3. The zero-order valence-corrected chi connectivity index (χ0v) is 12.9. The molecule has 18 heavy (non-hydrogen) atoms. The average Bonchev–Trinajstić information content (AvgIpc) is 2.36. The van der Waals surface area contributed by atoms with Crippen LogP contribution < -0.4 is 0 Å². The minimum absolute atomic E-state index is 0.0337. The summed E-state index contributed by atoms with van der Waals surface area (Å²) >= 11 is 0. The molecule has 0 aliphatic rings. The molecule has 1 atom stereocenters. The molecule has 0 saturated heterocycles. The Morgan fingerprint density at radius 3 is 1.44 bits per heavy atom. The summed E-state index contributed by atoms with van der Waals surface area (Å²) in [5.74, 6) is 0. The normalized spacial score (nSPS) is 12.8. The first-order valence-electron chi connectivity index (χ1n) is 8.49. The number of unbranched alkanes of at least 4 members (excludes halogenated alkanes) is 10. The molecule has 0 fully saturated rings. The second-order valence-electron chi connectivity index (χ2n) is 5.77. The highest BCUT2D eigenvalue weighted by molar-refractivity contribution is 4.55. The number of hydrogen-bond acceptors (Lipinski definition) is 1. The maximum atomic E-state index is 9.59. The molecule has 0 heterocycles. The van der Waals surface area contributed by atoms with E-state index in [9.17, 15) is 5.11 Å². The van der Waals surface area contributed by atoms with Gasteiger partial charge in [0.05, 0.1) is 6.10 Å². The number of aliphatic hydroxyl groups excluding tert-OH is 1. The molecule has 0 amide bonds. The predicted molar refractivity (Wildman–Crippen MR) is 82.0 cm³/mol.